The Bertz CT molecular complexity index is 396. The van der Waals surface area contributed by atoms with Crippen LogP contribution >= 0.6 is 0 Å². The highest BCUT2D eigenvalue weighted by molar-refractivity contribution is 5.30. The Kier molecular flexibility index (Phi) is 6.03. The van der Waals surface area contributed by atoms with Crippen molar-refractivity contribution >= 4 is 0 Å². The van der Waals surface area contributed by atoms with Gasteiger partial charge in [0, 0.05) is 23.9 Å². The number of likely N-dealkylation sites (N-methyl/N-ethyl adjacent to an activating group) is 1. The minimum Gasteiger partial charge on any atom is -0.313 e. The third kappa shape index (κ3) is 3.41. The van der Waals surface area contributed by atoms with Crippen molar-refractivity contribution in [1.82, 2.24) is 10.3 Å². The first kappa shape index (κ1) is 15.5. The van der Waals surface area contributed by atoms with Crippen LogP contribution in [-0.4, -0.2) is 17.6 Å². The van der Waals surface area contributed by atoms with Crippen LogP contribution in [0, 0.1) is 5.92 Å². The van der Waals surface area contributed by atoms with Crippen LogP contribution < -0.4 is 5.32 Å². The van der Waals surface area contributed by atoms with E-state index in [9.17, 15) is 0 Å². The van der Waals surface area contributed by atoms with Crippen LogP contribution in [-0.2, 0) is 6.42 Å². The van der Waals surface area contributed by atoms with Gasteiger partial charge in [-0.25, -0.2) is 0 Å². The number of hydrogen-bond acceptors (Lipinski definition) is 2. The van der Waals surface area contributed by atoms with Crippen molar-refractivity contribution in [2.24, 2.45) is 5.92 Å². The number of aromatic nitrogens is 1. The van der Waals surface area contributed by atoms with Gasteiger partial charge in [-0.05, 0) is 49.8 Å². The Morgan fingerprint density at radius 1 is 1.25 bits per heavy atom. The zero-order valence-electron chi connectivity index (χ0n) is 13.4. The molecule has 2 nitrogen and oxygen atoms in total. The first-order valence-electron chi connectivity index (χ1n) is 8.48. The number of nitrogens with zero attached hydrogens (tertiary/aromatic N) is 1. The van der Waals surface area contributed by atoms with E-state index in [1.807, 2.05) is 6.20 Å². The van der Waals surface area contributed by atoms with Crippen molar-refractivity contribution in [3.8, 4) is 0 Å². The molecule has 0 aromatic carbocycles. The van der Waals surface area contributed by atoms with E-state index < -0.39 is 0 Å². The Hall–Kier alpha value is -0.890. The zero-order chi connectivity index (χ0) is 14.4. The average Bonchev–Trinajstić information content (AvgIpc) is 2.88. The fourth-order valence-electron chi connectivity index (χ4n) is 3.91. The molecule has 0 radical (unpaired) electrons. The van der Waals surface area contributed by atoms with Gasteiger partial charge in [0.1, 0.15) is 0 Å². The number of aryl methyl sites for hydroxylation is 1. The van der Waals surface area contributed by atoms with Crippen molar-refractivity contribution in [3.05, 3.63) is 29.6 Å². The van der Waals surface area contributed by atoms with Gasteiger partial charge in [-0.1, -0.05) is 39.7 Å². The normalized spacial score (nSPS) is 19.3. The lowest BCUT2D eigenvalue weighted by Crippen LogP contribution is -2.41. The Labute approximate surface area is 124 Å². The average molecular weight is 274 g/mol. The van der Waals surface area contributed by atoms with E-state index >= 15 is 0 Å². The molecule has 0 bridgehead atoms. The second-order valence-corrected chi connectivity index (χ2v) is 6.11. The van der Waals surface area contributed by atoms with Crippen molar-refractivity contribution in [2.75, 3.05) is 6.54 Å². The fourth-order valence-corrected chi connectivity index (χ4v) is 3.91. The number of hydrogen-bond donors (Lipinski definition) is 1. The molecule has 0 fully saturated rings. The molecular weight excluding hydrogens is 244 g/mol. The molecule has 1 N–H and O–H groups in total. The van der Waals surface area contributed by atoms with Crippen LogP contribution in [0.15, 0.2) is 18.3 Å². The smallest absolute Gasteiger partial charge is 0.0482 e. The van der Waals surface area contributed by atoms with Crippen LogP contribution in [0.5, 0.6) is 0 Å². The van der Waals surface area contributed by atoms with Gasteiger partial charge >= 0.3 is 0 Å². The van der Waals surface area contributed by atoms with E-state index in [4.69, 9.17) is 4.98 Å². The Morgan fingerprint density at radius 2 is 2.00 bits per heavy atom. The SMILES string of the molecule is CCCC(CCC)C(NCC)C1CCc2cccnc21. The summed E-state index contributed by atoms with van der Waals surface area (Å²) < 4.78 is 0. The first-order chi connectivity index (χ1) is 9.81. The van der Waals surface area contributed by atoms with E-state index in [1.54, 1.807) is 0 Å². The molecule has 112 valence electrons. The van der Waals surface area contributed by atoms with Gasteiger partial charge in [0.05, 0.1) is 0 Å². The topological polar surface area (TPSA) is 24.9 Å². The van der Waals surface area contributed by atoms with Crippen LogP contribution in [0.1, 0.15) is 70.1 Å². The summed E-state index contributed by atoms with van der Waals surface area (Å²) in [5.74, 6) is 1.41. The summed E-state index contributed by atoms with van der Waals surface area (Å²) in [6.07, 6.45) is 9.69. The molecule has 1 aromatic heterocycles. The summed E-state index contributed by atoms with van der Waals surface area (Å²) in [6.45, 7) is 7.92. The van der Waals surface area contributed by atoms with Crippen LogP contribution in [0.4, 0.5) is 0 Å². The number of nitrogens with one attached hydrogen (secondary N) is 1. The lowest BCUT2D eigenvalue weighted by atomic mass is 9.81. The maximum absolute atomic E-state index is 4.71. The van der Waals surface area contributed by atoms with Crippen LogP contribution in [0.3, 0.4) is 0 Å². The molecule has 1 heterocycles. The second-order valence-electron chi connectivity index (χ2n) is 6.11. The van der Waals surface area contributed by atoms with E-state index in [2.05, 4.69) is 38.2 Å². The largest absolute Gasteiger partial charge is 0.313 e. The van der Waals surface area contributed by atoms with Crippen LogP contribution in [0.25, 0.3) is 0 Å². The molecule has 20 heavy (non-hydrogen) atoms. The van der Waals surface area contributed by atoms with Gasteiger partial charge in [-0.2, -0.15) is 0 Å². The Balaban J connectivity index is 2.20. The molecule has 2 unspecified atom stereocenters. The molecule has 0 spiro atoms. The Morgan fingerprint density at radius 3 is 2.65 bits per heavy atom. The number of rotatable bonds is 8. The minimum absolute atomic E-state index is 0.607. The summed E-state index contributed by atoms with van der Waals surface area (Å²) in [5, 5.41) is 3.80. The molecule has 0 saturated carbocycles. The predicted molar refractivity (Wildman–Crippen MR) is 86.1 cm³/mol. The zero-order valence-corrected chi connectivity index (χ0v) is 13.4. The number of pyridine rings is 1. The molecule has 0 saturated heterocycles. The van der Waals surface area contributed by atoms with E-state index in [1.165, 1.54) is 49.8 Å². The molecule has 0 aliphatic heterocycles. The van der Waals surface area contributed by atoms with Crippen molar-refractivity contribution in [3.63, 3.8) is 0 Å². The minimum atomic E-state index is 0.607. The molecule has 2 atom stereocenters. The first-order valence-corrected chi connectivity index (χ1v) is 8.48. The highest BCUT2D eigenvalue weighted by Gasteiger charge is 2.34. The summed E-state index contributed by atoms with van der Waals surface area (Å²) in [5.41, 5.74) is 2.85. The summed E-state index contributed by atoms with van der Waals surface area (Å²) in [7, 11) is 0. The lowest BCUT2D eigenvalue weighted by Gasteiger charge is -2.32. The summed E-state index contributed by atoms with van der Waals surface area (Å²) in [6, 6.07) is 4.95. The van der Waals surface area contributed by atoms with Gasteiger partial charge < -0.3 is 5.32 Å². The second kappa shape index (κ2) is 7.78. The van der Waals surface area contributed by atoms with Gasteiger partial charge in [0.25, 0.3) is 0 Å². The predicted octanol–water partition coefficient (Wildman–Crippen LogP) is 4.31. The molecule has 0 amide bonds. The monoisotopic (exact) mass is 274 g/mol. The van der Waals surface area contributed by atoms with Crippen molar-refractivity contribution in [1.29, 1.82) is 0 Å². The van der Waals surface area contributed by atoms with Gasteiger partial charge in [-0.15, -0.1) is 0 Å². The fraction of sp³-hybridized carbons (Fsp3) is 0.722. The van der Waals surface area contributed by atoms with Crippen molar-refractivity contribution in [2.45, 2.75) is 71.3 Å². The third-order valence-electron chi connectivity index (χ3n) is 4.70. The third-order valence-corrected chi connectivity index (χ3v) is 4.70. The highest BCUT2D eigenvalue weighted by Crippen LogP contribution is 2.38. The summed E-state index contributed by atoms with van der Waals surface area (Å²) in [4.78, 5) is 4.71. The molecule has 2 heteroatoms. The van der Waals surface area contributed by atoms with E-state index in [0.29, 0.717) is 12.0 Å². The van der Waals surface area contributed by atoms with Gasteiger partial charge in [0.2, 0.25) is 0 Å². The highest BCUT2D eigenvalue weighted by atomic mass is 14.9. The van der Waals surface area contributed by atoms with Gasteiger partial charge in [0.15, 0.2) is 0 Å². The molecule has 1 aliphatic carbocycles. The number of fused-ring (bicyclic) bond motifs is 1. The van der Waals surface area contributed by atoms with Crippen LogP contribution in [0.2, 0.25) is 0 Å². The summed E-state index contributed by atoms with van der Waals surface area (Å²) >= 11 is 0. The standard InChI is InChI=1S/C18H30N2/c1-4-8-14(9-5-2)17(19-6-3)16-12-11-15-10-7-13-20-18(15)16/h7,10,13-14,16-17,19H,4-6,8-9,11-12H2,1-3H3. The van der Waals surface area contributed by atoms with Crippen molar-refractivity contribution < 1.29 is 0 Å². The van der Waals surface area contributed by atoms with E-state index in [-0.39, 0.29) is 0 Å². The van der Waals surface area contributed by atoms with E-state index in [0.717, 1.165) is 12.5 Å². The quantitative estimate of drug-likeness (QED) is 0.764. The maximum Gasteiger partial charge on any atom is 0.0482 e. The van der Waals surface area contributed by atoms with Gasteiger partial charge in [-0.3, -0.25) is 4.98 Å². The molecule has 1 aliphatic rings. The molecule has 1 aromatic rings. The molecular formula is C18H30N2. The maximum atomic E-state index is 4.71. The lowest BCUT2D eigenvalue weighted by molar-refractivity contribution is 0.272. The molecule has 2 rings (SSSR count).